The van der Waals surface area contributed by atoms with Crippen LogP contribution in [0.15, 0.2) is 72.8 Å². The molecule has 0 aliphatic rings. The maximum absolute atomic E-state index is 12.9. The van der Waals surface area contributed by atoms with Crippen LogP contribution in [0.5, 0.6) is 0 Å². The van der Waals surface area contributed by atoms with Gasteiger partial charge in [0.2, 0.25) is 0 Å². The van der Waals surface area contributed by atoms with Gasteiger partial charge in [0.05, 0.1) is 5.56 Å². The average Bonchev–Trinajstić information content (AvgIpc) is 2.76. The second-order valence-electron chi connectivity index (χ2n) is 6.86. The molecule has 0 saturated carbocycles. The number of thiocarbonyl (C=S) groups is 1. The molecule has 3 aromatic rings. The molecule has 166 valence electrons. The van der Waals surface area contributed by atoms with Gasteiger partial charge < -0.3 is 16.0 Å². The summed E-state index contributed by atoms with van der Waals surface area (Å²) >= 11 is 5.24. The molecule has 0 fully saturated rings. The quantitative estimate of drug-likeness (QED) is 0.329. The number of halogens is 4. The molecule has 0 atom stereocenters. The van der Waals surface area contributed by atoms with Crippen molar-refractivity contribution in [1.82, 2.24) is 5.32 Å². The van der Waals surface area contributed by atoms with E-state index >= 15 is 0 Å². The Kier molecular flexibility index (Phi) is 7.42. The van der Waals surface area contributed by atoms with Crippen LogP contribution in [-0.2, 0) is 12.6 Å². The number of nitrogens with one attached hydrogen (secondary N) is 3. The number of amides is 1. The van der Waals surface area contributed by atoms with Gasteiger partial charge in [0, 0.05) is 23.5 Å². The minimum Gasteiger partial charge on any atom is -0.362 e. The SMILES string of the molecule is O=C(Nc1ccc(NC(=S)NCCc2ccc(F)cc2)cc1)c1ccc(C(F)(F)F)cc1. The summed E-state index contributed by atoms with van der Waals surface area (Å²) in [7, 11) is 0. The van der Waals surface area contributed by atoms with E-state index in [1.807, 2.05) is 0 Å². The molecule has 0 aliphatic carbocycles. The zero-order chi connectivity index (χ0) is 23.1. The van der Waals surface area contributed by atoms with Crippen molar-refractivity contribution in [1.29, 1.82) is 0 Å². The molecule has 32 heavy (non-hydrogen) atoms. The first-order valence-electron chi connectivity index (χ1n) is 9.59. The molecule has 3 aromatic carbocycles. The highest BCUT2D eigenvalue weighted by molar-refractivity contribution is 7.80. The van der Waals surface area contributed by atoms with Gasteiger partial charge in [0.25, 0.3) is 5.91 Å². The van der Waals surface area contributed by atoms with Gasteiger partial charge in [-0.3, -0.25) is 4.79 Å². The third-order valence-electron chi connectivity index (χ3n) is 4.49. The Bertz CT molecular complexity index is 1070. The Hall–Kier alpha value is -3.46. The highest BCUT2D eigenvalue weighted by atomic mass is 32.1. The van der Waals surface area contributed by atoms with Crippen molar-refractivity contribution in [2.45, 2.75) is 12.6 Å². The fraction of sp³-hybridized carbons (Fsp3) is 0.130. The minimum atomic E-state index is -4.45. The summed E-state index contributed by atoms with van der Waals surface area (Å²) in [6, 6.07) is 16.9. The molecule has 0 heterocycles. The van der Waals surface area contributed by atoms with Gasteiger partial charge >= 0.3 is 6.18 Å². The molecule has 1 amide bonds. The van der Waals surface area contributed by atoms with Gasteiger partial charge in [-0.15, -0.1) is 0 Å². The zero-order valence-corrected chi connectivity index (χ0v) is 17.5. The first-order chi connectivity index (χ1) is 15.2. The largest absolute Gasteiger partial charge is 0.416 e. The van der Waals surface area contributed by atoms with E-state index in [2.05, 4.69) is 16.0 Å². The molecule has 3 N–H and O–H groups in total. The second kappa shape index (κ2) is 10.2. The predicted octanol–water partition coefficient (Wildman–Crippen LogP) is 5.63. The lowest BCUT2D eigenvalue weighted by atomic mass is 10.1. The van der Waals surface area contributed by atoms with Gasteiger partial charge in [0.15, 0.2) is 5.11 Å². The topological polar surface area (TPSA) is 53.2 Å². The van der Waals surface area contributed by atoms with Gasteiger partial charge in [-0.2, -0.15) is 13.2 Å². The van der Waals surface area contributed by atoms with Crippen LogP contribution < -0.4 is 16.0 Å². The smallest absolute Gasteiger partial charge is 0.362 e. The number of anilines is 2. The third kappa shape index (κ3) is 6.78. The Morgan fingerprint density at radius 2 is 1.38 bits per heavy atom. The number of alkyl halides is 3. The Morgan fingerprint density at radius 1 is 0.812 bits per heavy atom. The first-order valence-corrected chi connectivity index (χ1v) is 9.99. The van der Waals surface area contributed by atoms with Crippen LogP contribution in [0.2, 0.25) is 0 Å². The summed E-state index contributed by atoms with van der Waals surface area (Å²) in [6.45, 7) is 0.568. The lowest BCUT2D eigenvalue weighted by Crippen LogP contribution is -2.30. The summed E-state index contributed by atoms with van der Waals surface area (Å²) in [5.74, 6) is -0.796. The minimum absolute atomic E-state index is 0.117. The highest BCUT2D eigenvalue weighted by Gasteiger charge is 2.30. The van der Waals surface area contributed by atoms with Crippen LogP contribution in [-0.4, -0.2) is 17.6 Å². The maximum atomic E-state index is 12.9. The summed E-state index contributed by atoms with van der Waals surface area (Å²) in [5.41, 5.74) is 1.46. The van der Waals surface area contributed by atoms with Crippen LogP contribution >= 0.6 is 12.2 Å². The number of hydrogen-bond donors (Lipinski definition) is 3. The van der Waals surface area contributed by atoms with Gasteiger partial charge in [0.1, 0.15) is 5.82 Å². The van der Waals surface area contributed by atoms with E-state index in [4.69, 9.17) is 12.2 Å². The fourth-order valence-electron chi connectivity index (χ4n) is 2.80. The van der Waals surface area contributed by atoms with Gasteiger partial charge in [-0.25, -0.2) is 4.39 Å². The summed E-state index contributed by atoms with van der Waals surface area (Å²) in [6.07, 6.45) is -3.77. The van der Waals surface area contributed by atoms with Gasteiger partial charge in [-0.1, -0.05) is 12.1 Å². The van der Waals surface area contributed by atoms with Crippen molar-refractivity contribution in [3.8, 4) is 0 Å². The van der Waals surface area contributed by atoms with E-state index in [1.165, 1.54) is 12.1 Å². The number of carbonyl (C=O) groups is 1. The fourth-order valence-corrected chi connectivity index (χ4v) is 3.02. The first kappa shape index (κ1) is 23.2. The molecule has 0 bridgehead atoms. The molecular formula is C23H19F4N3OS. The number of benzene rings is 3. The van der Waals surface area contributed by atoms with Crippen molar-refractivity contribution >= 4 is 34.6 Å². The van der Waals surface area contributed by atoms with Crippen LogP contribution in [0.3, 0.4) is 0 Å². The van der Waals surface area contributed by atoms with Crippen LogP contribution in [0.4, 0.5) is 28.9 Å². The normalized spacial score (nSPS) is 11.0. The molecule has 0 aliphatic heterocycles. The second-order valence-corrected chi connectivity index (χ2v) is 7.27. The molecule has 9 heteroatoms. The van der Waals surface area contributed by atoms with Crippen molar-refractivity contribution in [3.05, 3.63) is 95.3 Å². The molecule has 0 saturated heterocycles. The summed E-state index contributed by atoms with van der Waals surface area (Å²) in [4.78, 5) is 12.2. The summed E-state index contributed by atoms with van der Waals surface area (Å²) < 4.78 is 50.8. The molecule has 4 nitrogen and oxygen atoms in total. The van der Waals surface area contributed by atoms with Crippen molar-refractivity contribution in [2.24, 2.45) is 0 Å². The standard InChI is InChI=1S/C23H19F4N3OS/c24-18-7-1-15(2-8-18)13-14-28-22(32)30-20-11-9-19(10-12-20)29-21(31)16-3-5-17(6-4-16)23(25,26)27/h1-12H,13-14H2,(H,29,31)(H2,28,30,32). The molecule has 0 unspecified atom stereocenters. The third-order valence-corrected chi connectivity index (χ3v) is 4.73. The Balaban J connectivity index is 1.47. The lowest BCUT2D eigenvalue weighted by Gasteiger charge is -2.12. The molecule has 0 radical (unpaired) electrons. The average molecular weight is 461 g/mol. The van der Waals surface area contributed by atoms with E-state index in [9.17, 15) is 22.4 Å². The summed E-state index contributed by atoms with van der Waals surface area (Å²) in [5, 5.41) is 9.11. The lowest BCUT2D eigenvalue weighted by molar-refractivity contribution is -0.137. The molecule has 3 rings (SSSR count). The number of rotatable bonds is 6. The molecule has 0 spiro atoms. The van der Waals surface area contributed by atoms with E-state index in [1.54, 1.807) is 36.4 Å². The van der Waals surface area contributed by atoms with E-state index in [0.29, 0.717) is 29.5 Å². The van der Waals surface area contributed by atoms with E-state index in [-0.39, 0.29) is 11.4 Å². The van der Waals surface area contributed by atoms with Crippen molar-refractivity contribution in [2.75, 3.05) is 17.2 Å². The molecular weight excluding hydrogens is 442 g/mol. The van der Waals surface area contributed by atoms with Crippen molar-refractivity contribution < 1.29 is 22.4 Å². The number of carbonyl (C=O) groups excluding carboxylic acids is 1. The monoisotopic (exact) mass is 461 g/mol. The predicted molar refractivity (Wildman–Crippen MR) is 120 cm³/mol. The van der Waals surface area contributed by atoms with Gasteiger partial charge in [-0.05, 0) is 84.9 Å². The Morgan fingerprint density at radius 3 is 1.94 bits per heavy atom. The maximum Gasteiger partial charge on any atom is 0.416 e. The Labute approximate surface area is 187 Å². The molecule has 0 aromatic heterocycles. The van der Waals surface area contributed by atoms with E-state index < -0.39 is 17.6 Å². The number of hydrogen-bond acceptors (Lipinski definition) is 2. The zero-order valence-electron chi connectivity index (χ0n) is 16.7. The van der Waals surface area contributed by atoms with E-state index in [0.717, 1.165) is 29.8 Å². The van der Waals surface area contributed by atoms with Crippen LogP contribution in [0.1, 0.15) is 21.5 Å². The van der Waals surface area contributed by atoms with Crippen LogP contribution in [0, 0.1) is 5.82 Å². The highest BCUT2D eigenvalue weighted by Crippen LogP contribution is 2.29. The van der Waals surface area contributed by atoms with Crippen LogP contribution in [0.25, 0.3) is 0 Å². The van der Waals surface area contributed by atoms with Crippen molar-refractivity contribution in [3.63, 3.8) is 0 Å².